The van der Waals surface area contributed by atoms with E-state index in [1.54, 1.807) is 11.3 Å². The summed E-state index contributed by atoms with van der Waals surface area (Å²) in [6.45, 7) is 4.05. The summed E-state index contributed by atoms with van der Waals surface area (Å²) in [5.41, 5.74) is 2.11. The molecule has 1 aliphatic rings. The maximum Gasteiger partial charge on any atom is 0.344 e. The van der Waals surface area contributed by atoms with E-state index < -0.39 is 24.1 Å². The lowest BCUT2D eigenvalue weighted by atomic mass is 10.0. The number of rotatable bonds is 5. The molecule has 0 saturated heterocycles. The molecule has 1 aliphatic heterocycles. The quantitative estimate of drug-likeness (QED) is 0.690. The molecule has 0 saturated carbocycles. The number of hydrogen-bond acceptors (Lipinski definition) is 7. The summed E-state index contributed by atoms with van der Waals surface area (Å²) in [6.07, 6.45) is -0.0761. The zero-order chi connectivity index (χ0) is 22.3. The van der Waals surface area contributed by atoms with E-state index in [1.807, 2.05) is 24.3 Å². The number of halogens is 1. The fourth-order valence-corrected chi connectivity index (χ4v) is 4.20. The third-order valence-corrected chi connectivity index (χ3v) is 5.88. The second kappa shape index (κ2) is 11.1. The number of carbonyl (C=O) groups excluding carboxylic acids is 2. The second-order valence-electron chi connectivity index (χ2n) is 6.63. The standard InChI is InChI=1S/C16H16ClNO2S.C5H8O4/c1-20-16(19)15(12-4-2-3-5-13(12)17)18-8-6-14-11(10-18)7-9-21-14;1-3(5(7)8)9-4(2)6/h2-5,7,9,15H,6,8,10H2,1H3;3H,1-2H3,(H,7,8)/t15-;/m0./s1. The molecule has 1 unspecified atom stereocenters. The van der Waals surface area contributed by atoms with E-state index in [-0.39, 0.29) is 5.97 Å². The highest BCUT2D eigenvalue weighted by Crippen LogP contribution is 2.33. The Bertz CT molecular complexity index is 899. The van der Waals surface area contributed by atoms with Crippen molar-refractivity contribution >= 4 is 40.8 Å². The van der Waals surface area contributed by atoms with E-state index in [0.29, 0.717) is 5.02 Å². The van der Waals surface area contributed by atoms with E-state index in [0.717, 1.165) is 25.1 Å². The first kappa shape index (κ1) is 23.9. The molecule has 2 atom stereocenters. The highest BCUT2D eigenvalue weighted by molar-refractivity contribution is 7.10. The smallest absolute Gasteiger partial charge is 0.344 e. The fraction of sp³-hybridized carbons (Fsp3) is 0.381. The first-order valence-electron chi connectivity index (χ1n) is 9.26. The number of esters is 2. The van der Waals surface area contributed by atoms with Gasteiger partial charge in [-0.15, -0.1) is 11.3 Å². The molecule has 1 N–H and O–H groups in total. The number of methoxy groups -OCH3 is 1. The highest BCUT2D eigenvalue weighted by Gasteiger charge is 2.32. The Morgan fingerprint density at radius 1 is 1.23 bits per heavy atom. The fourth-order valence-electron chi connectivity index (χ4n) is 3.07. The number of ether oxygens (including phenoxy) is 2. The van der Waals surface area contributed by atoms with E-state index in [1.165, 1.54) is 31.4 Å². The highest BCUT2D eigenvalue weighted by atomic mass is 35.5. The van der Waals surface area contributed by atoms with Crippen molar-refractivity contribution < 1.29 is 29.0 Å². The maximum absolute atomic E-state index is 12.3. The van der Waals surface area contributed by atoms with Crippen LogP contribution in [0.5, 0.6) is 0 Å². The number of aliphatic carboxylic acids is 1. The van der Waals surface area contributed by atoms with Crippen LogP contribution in [0.4, 0.5) is 0 Å². The van der Waals surface area contributed by atoms with Crippen LogP contribution < -0.4 is 0 Å². The Morgan fingerprint density at radius 3 is 2.50 bits per heavy atom. The predicted molar refractivity (Wildman–Crippen MR) is 114 cm³/mol. The van der Waals surface area contributed by atoms with Gasteiger partial charge in [-0.25, -0.2) is 9.59 Å². The second-order valence-corrected chi connectivity index (χ2v) is 8.03. The minimum absolute atomic E-state index is 0.262. The molecule has 2 heterocycles. The van der Waals surface area contributed by atoms with Gasteiger partial charge in [0.05, 0.1) is 7.11 Å². The molecule has 162 valence electrons. The van der Waals surface area contributed by atoms with Gasteiger partial charge in [0.2, 0.25) is 0 Å². The van der Waals surface area contributed by atoms with E-state index in [4.69, 9.17) is 21.4 Å². The molecule has 0 fully saturated rings. The molecule has 3 rings (SSSR count). The van der Waals surface area contributed by atoms with Crippen molar-refractivity contribution in [1.29, 1.82) is 0 Å². The van der Waals surface area contributed by atoms with Gasteiger partial charge in [0.1, 0.15) is 6.04 Å². The van der Waals surface area contributed by atoms with Gasteiger partial charge in [-0.2, -0.15) is 0 Å². The van der Waals surface area contributed by atoms with Gasteiger partial charge in [-0.3, -0.25) is 9.69 Å². The number of carbonyl (C=O) groups is 3. The molecule has 0 amide bonds. The van der Waals surface area contributed by atoms with Gasteiger partial charge in [0, 0.05) is 29.9 Å². The number of hydrogen-bond donors (Lipinski definition) is 1. The lowest BCUT2D eigenvalue weighted by Gasteiger charge is -2.33. The minimum atomic E-state index is -1.13. The molecule has 0 spiro atoms. The zero-order valence-corrected chi connectivity index (χ0v) is 18.5. The summed E-state index contributed by atoms with van der Waals surface area (Å²) in [5, 5.41) is 10.9. The Hall–Kier alpha value is -2.42. The molecule has 0 radical (unpaired) electrons. The number of carboxylic acids is 1. The van der Waals surface area contributed by atoms with Crippen LogP contribution in [0, 0.1) is 0 Å². The molecule has 2 aromatic rings. The molecule has 1 aromatic carbocycles. The van der Waals surface area contributed by atoms with Crippen molar-refractivity contribution in [2.75, 3.05) is 13.7 Å². The van der Waals surface area contributed by atoms with Crippen LogP contribution in [0.3, 0.4) is 0 Å². The number of thiophene rings is 1. The van der Waals surface area contributed by atoms with E-state index in [9.17, 15) is 14.4 Å². The SMILES string of the molecule is CC(=O)OC(C)C(=O)O.COC(=O)[C@H](c1ccccc1Cl)N1CCc2sccc2C1. The summed E-state index contributed by atoms with van der Waals surface area (Å²) in [7, 11) is 1.42. The average molecular weight is 454 g/mol. The number of nitrogens with zero attached hydrogens (tertiary/aromatic N) is 1. The van der Waals surface area contributed by atoms with Gasteiger partial charge in [0.25, 0.3) is 0 Å². The summed E-state index contributed by atoms with van der Waals surface area (Å²) in [5.74, 6) is -1.98. The Kier molecular flexibility index (Phi) is 8.83. The van der Waals surface area contributed by atoms with Gasteiger partial charge in [-0.05, 0) is 42.0 Å². The van der Waals surface area contributed by atoms with Crippen LogP contribution in [0.2, 0.25) is 5.02 Å². The first-order chi connectivity index (χ1) is 14.2. The monoisotopic (exact) mass is 453 g/mol. The van der Waals surface area contributed by atoms with E-state index >= 15 is 0 Å². The topological polar surface area (TPSA) is 93.1 Å². The average Bonchev–Trinajstić information content (AvgIpc) is 3.17. The van der Waals surface area contributed by atoms with Crippen molar-refractivity contribution in [2.24, 2.45) is 0 Å². The molecule has 7 nitrogen and oxygen atoms in total. The molecular formula is C21H24ClNO6S. The lowest BCUT2D eigenvalue weighted by Crippen LogP contribution is -2.38. The first-order valence-corrected chi connectivity index (χ1v) is 10.5. The van der Waals surface area contributed by atoms with Crippen LogP contribution in [-0.4, -0.2) is 47.7 Å². The zero-order valence-electron chi connectivity index (χ0n) is 17.0. The summed E-state index contributed by atoms with van der Waals surface area (Å²) in [4.78, 5) is 35.9. The number of fused-ring (bicyclic) bond motifs is 1. The number of carboxylic acid groups (broad SMARTS) is 1. The third-order valence-electron chi connectivity index (χ3n) is 4.52. The lowest BCUT2D eigenvalue weighted by molar-refractivity contribution is -0.161. The summed E-state index contributed by atoms with van der Waals surface area (Å²) < 4.78 is 9.28. The van der Waals surface area contributed by atoms with Crippen LogP contribution in [0.15, 0.2) is 35.7 Å². The van der Waals surface area contributed by atoms with Gasteiger partial charge in [-0.1, -0.05) is 29.8 Å². The van der Waals surface area contributed by atoms with Crippen LogP contribution in [0.1, 0.15) is 35.9 Å². The number of benzene rings is 1. The Balaban J connectivity index is 0.000000303. The van der Waals surface area contributed by atoms with Crippen LogP contribution >= 0.6 is 22.9 Å². The Labute approximate surface area is 184 Å². The maximum atomic E-state index is 12.3. The van der Waals surface area contributed by atoms with E-state index in [2.05, 4.69) is 21.1 Å². The summed E-state index contributed by atoms with van der Waals surface area (Å²) >= 11 is 8.07. The summed E-state index contributed by atoms with van der Waals surface area (Å²) in [6, 6.07) is 9.16. The minimum Gasteiger partial charge on any atom is -0.479 e. The molecule has 1 aromatic heterocycles. The van der Waals surface area contributed by atoms with Crippen LogP contribution in [-0.2, 0) is 36.8 Å². The van der Waals surface area contributed by atoms with Crippen molar-refractivity contribution in [3.63, 3.8) is 0 Å². The van der Waals surface area contributed by atoms with Gasteiger partial charge in [0.15, 0.2) is 6.10 Å². The van der Waals surface area contributed by atoms with Crippen molar-refractivity contribution in [1.82, 2.24) is 4.90 Å². The normalized spacial score (nSPS) is 15.1. The third kappa shape index (κ3) is 6.29. The van der Waals surface area contributed by atoms with Crippen molar-refractivity contribution in [3.05, 3.63) is 56.7 Å². The Morgan fingerprint density at radius 2 is 1.93 bits per heavy atom. The van der Waals surface area contributed by atoms with Gasteiger partial charge < -0.3 is 14.6 Å². The van der Waals surface area contributed by atoms with Gasteiger partial charge >= 0.3 is 17.9 Å². The van der Waals surface area contributed by atoms with Crippen LogP contribution in [0.25, 0.3) is 0 Å². The largest absolute Gasteiger partial charge is 0.479 e. The molecule has 0 aliphatic carbocycles. The van der Waals surface area contributed by atoms with Crippen molar-refractivity contribution in [2.45, 2.75) is 39.0 Å². The molecule has 30 heavy (non-hydrogen) atoms. The molecule has 0 bridgehead atoms. The molecule has 9 heteroatoms. The van der Waals surface area contributed by atoms with Crippen molar-refractivity contribution in [3.8, 4) is 0 Å². The molecular weight excluding hydrogens is 430 g/mol. The predicted octanol–water partition coefficient (Wildman–Crippen LogP) is 3.70.